The zero-order valence-electron chi connectivity index (χ0n) is 10.1. The highest BCUT2D eigenvalue weighted by atomic mass is 16.6. The second-order valence-electron chi connectivity index (χ2n) is 4.18. The van der Waals surface area contributed by atoms with Crippen molar-refractivity contribution in [3.8, 4) is 0 Å². The number of hydrogen-bond acceptors (Lipinski definition) is 4. The van der Waals surface area contributed by atoms with Crippen molar-refractivity contribution in [2.45, 2.75) is 20.0 Å². The highest BCUT2D eigenvalue weighted by Crippen LogP contribution is 2.27. The number of nitrogens with zero attached hydrogens (tertiary/aromatic N) is 1. The molecule has 0 aliphatic carbocycles. The predicted octanol–water partition coefficient (Wildman–Crippen LogP) is 2.89. The van der Waals surface area contributed by atoms with Crippen LogP contribution in [0.4, 0.5) is 5.88 Å². The van der Waals surface area contributed by atoms with E-state index >= 15 is 0 Å². The molecule has 0 amide bonds. The summed E-state index contributed by atoms with van der Waals surface area (Å²) >= 11 is 0. The molecule has 1 heterocycles. The van der Waals surface area contributed by atoms with E-state index in [2.05, 4.69) is 0 Å². The molecule has 0 saturated carbocycles. The number of furan rings is 1. The molecule has 1 atom stereocenters. The van der Waals surface area contributed by atoms with E-state index in [9.17, 15) is 15.2 Å². The Bertz CT molecular complexity index is 588. The van der Waals surface area contributed by atoms with Gasteiger partial charge in [0.25, 0.3) is 0 Å². The summed E-state index contributed by atoms with van der Waals surface area (Å²) in [5.41, 5.74) is 2.83. The van der Waals surface area contributed by atoms with Crippen molar-refractivity contribution in [1.82, 2.24) is 0 Å². The number of nitro groups is 1. The Labute approximate surface area is 104 Å². The van der Waals surface area contributed by atoms with Crippen LogP contribution < -0.4 is 0 Å². The topological polar surface area (TPSA) is 76.5 Å². The van der Waals surface area contributed by atoms with E-state index in [0.29, 0.717) is 5.56 Å². The van der Waals surface area contributed by atoms with Crippen LogP contribution in [0.1, 0.15) is 28.6 Å². The SMILES string of the molecule is Cc1ccc(C(O)c2ccc([N+](=O)[O-])o2)cc1C. The van der Waals surface area contributed by atoms with Crippen LogP contribution in [-0.2, 0) is 0 Å². The molecule has 1 aromatic heterocycles. The summed E-state index contributed by atoms with van der Waals surface area (Å²) in [5.74, 6) is -0.196. The normalized spacial score (nSPS) is 12.4. The maximum absolute atomic E-state index is 10.5. The summed E-state index contributed by atoms with van der Waals surface area (Å²) in [6, 6.07) is 8.17. The fourth-order valence-corrected chi connectivity index (χ4v) is 1.69. The van der Waals surface area contributed by atoms with Gasteiger partial charge in [0.05, 0.1) is 6.07 Å². The number of benzene rings is 1. The molecule has 0 fully saturated rings. The number of aryl methyl sites for hydroxylation is 2. The number of rotatable bonds is 3. The highest BCUT2D eigenvalue weighted by molar-refractivity contribution is 5.34. The summed E-state index contributed by atoms with van der Waals surface area (Å²) in [4.78, 5) is 9.87. The molecule has 1 N–H and O–H groups in total. The Kier molecular flexibility index (Phi) is 3.16. The van der Waals surface area contributed by atoms with Gasteiger partial charge in [-0.15, -0.1) is 0 Å². The van der Waals surface area contributed by atoms with Crippen molar-refractivity contribution in [1.29, 1.82) is 0 Å². The quantitative estimate of drug-likeness (QED) is 0.668. The van der Waals surface area contributed by atoms with E-state index in [1.54, 1.807) is 6.07 Å². The molecule has 1 unspecified atom stereocenters. The first kappa shape index (κ1) is 12.3. The molecule has 0 bridgehead atoms. The fraction of sp³-hybridized carbons (Fsp3) is 0.231. The van der Waals surface area contributed by atoms with Crippen molar-refractivity contribution in [3.63, 3.8) is 0 Å². The summed E-state index contributed by atoms with van der Waals surface area (Å²) in [6.45, 7) is 3.92. The first-order valence-corrected chi connectivity index (χ1v) is 5.48. The Balaban J connectivity index is 2.31. The van der Waals surface area contributed by atoms with Crippen molar-refractivity contribution < 1.29 is 14.4 Å². The molecule has 2 aromatic rings. The van der Waals surface area contributed by atoms with Gasteiger partial charge in [0, 0.05) is 0 Å². The number of aliphatic hydroxyl groups is 1. The lowest BCUT2D eigenvalue weighted by molar-refractivity contribution is -0.402. The van der Waals surface area contributed by atoms with E-state index in [0.717, 1.165) is 11.1 Å². The summed E-state index contributed by atoms with van der Waals surface area (Å²) < 4.78 is 4.98. The average Bonchev–Trinajstić information content (AvgIpc) is 2.81. The molecule has 0 aliphatic heterocycles. The zero-order chi connectivity index (χ0) is 13.3. The lowest BCUT2D eigenvalue weighted by Crippen LogP contribution is -1.99. The van der Waals surface area contributed by atoms with Gasteiger partial charge in [0.15, 0.2) is 0 Å². The maximum Gasteiger partial charge on any atom is 0.433 e. The first-order valence-electron chi connectivity index (χ1n) is 5.48. The van der Waals surface area contributed by atoms with Gasteiger partial charge in [-0.25, -0.2) is 0 Å². The Morgan fingerprint density at radius 1 is 1.22 bits per heavy atom. The van der Waals surface area contributed by atoms with E-state index < -0.39 is 11.0 Å². The van der Waals surface area contributed by atoms with Crippen LogP contribution in [-0.4, -0.2) is 10.0 Å². The first-order chi connectivity index (χ1) is 8.49. The van der Waals surface area contributed by atoms with E-state index in [1.165, 1.54) is 12.1 Å². The van der Waals surface area contributed by atoms with E-state index in [1.807, 2.05) is 26.0 Å². The van der Waals surface area contributed by atoms with Crippen LogP contribution in [0.2, 0.25) is 0 Å². The van der Waals surface area contributed by atoms with Gasteiger partial charge in [-0.2, -0.15) is 0 Å². The standard InChI is InChI=1S/C13H13NO4/c1-8-3-4-10(7-9(8)2)13(15)11-5-6-12(18-11)14(16)17/h3-7,13,15H,1-2H3. The van der Waals surface area contributed by atoms with Gasteiger partial charge in [-0.3, -0.25) is 10.1 Å². The molecule has 0 radical (unpaired) electrons. The van der Waals surface area contributed by atoms with Gasteiger partial charge in [-0.05, 0) is 36.6 Å². The minimum atomic E-state index is -0.988. The molecular weight excluding hydrogens is 234 g/mol. The monoisotopic (exact) mass is 247 g/mol. The smallest absolute Gasteiger partial charge is 0.403 e. The lowest BCUT2D eigenvalue weighted by Gasteiger charge is -2.09. The van der Waals surface area contributed by atoms with Crippen molar-refractivity contribution in [2.24, 2.45) is 0 Å². The largest absolute Gasteiger partial charge is 0.433 e. The Morgan fingerprint density at radius 3 is 2.50 bits per heavy atom. The molecular formula is C13H13NO4. The fourth-order valence-electron chi connectivity index (χ4n) is 1.69. The van der Waals surface area contributed by atoms with Gasteiger partial charge < -0.3 is 9.52 Å². The number of hydrogen-bond donors (Lipinski definition) is 1. The van der Waals surface area contributed by atoms with Gasteiger partial charge in [0.2, 0.25) is 0 Å². The van der Waals surface area contributed by atoms with Crippen LogP contribution >= 0.6 is 0 Å². The zero-order valence-corrected chi connectivity index (χ0v) is 10.1. The van der Waals surface area contributed by atoms with Crippen molar-refractivity contribution in [3.05, 3.63) is 62.9 Å². The van der Waals surface area contributed by atoms with Gasteiger partial charge in [0.1, 0.15) is 16.8 Å². The Hall–Kier alpha value is -2.14. The van der Waals surface area contributed by atoms with Crippen molar-refractivity contribution >= 4 is 5.88 Å². The van der Waals surface area contributed by atoms with Crippen molar-refractivity contribution in [2.75, 3.05) is 0 Å². The molecule has 2 rings (SSSR count). The van der Waals surface area contributed by atoms with Gasteiger partial charge >= 0.3 is 5.88 Å². The third kappa shape index (κ3) is 2.26. The summed E-state index contributed by atoms with van der Waals surface area (Å²) in [5, 5.41) is 20.6. The van der Waals surface area contributed by atoms with Crippen LogP contribution in [0, 0.1) is 24.0 Å². The van der Waals surface area contributed by atoms with Crippen LogP contribution in [0.25, 0.3) is 0 Å². The molecule has 0 saturated heterocycles. The minimum Gasteiger partial charge on any atom is -0.403 e. The molecule has 0 aliphatic rings. The van der Waals surface area contributed by atoms with E-state index in [-0.39, 0.29) is 11.6 Å². The molecule has 5 heteroatoms. The molecule has 5 nitrogen and oxygen atoms in total. The number of aliphatic hydroxyl groups excluding tert-OH is 1. The molecule has 94 valence electrons. The third-order valence-electron chi connectivity index (χ3n) is 2.91. The lowest BCUT2D eigenvalue weighted by atomic mass is 10.0. The minimum absolute atomic E-state index is 0.171. The van der Waals surface area contributed by atoms with Crippen LogP contribution in [0.15, 0.2) is 34.7 Å². The van der Waals surface area contributed by atoms with Crippen LogP contribution in [0.3, 0.4) is 0 Å². The molecule has 0 spiro atoms. The van der Waals surface area contributed by atoms with E-state index in [4.69, 9.17) is 4.42 Å². The molecule has 18 heavy (non-hydrogen) atoms. The van der Waals surface area contributed by atoms with Crippen LogP contribution in [0.5, 0.6) is 0 Å². The highest BCUT2D eigenvalue weighted by Gasteiger charge is 2.19. The second-order valence-corrected chi connectivity index (χ2v) is 4.18. The summed E-state index contributed by atoms with van der Waals surface area (Å²) in [7, 11) is 0. The Morgan fingerprint density at radius 2 is 1.94 bits per heavy atom. The predicted molar refractivity (Wildman–Crippen MR) is 65.3 cm³/mol. The average molecular weight is 247 g/mol. The molecule has 1 aromatic carbocycles. The van der Waals surface area contributed by atoms with Gasteiger partial charge in [-0.1, -0.05) is 18.2 Å². The second kappa shape index (κ2) is 4.62. The summed E-state index contributed by atoms with van der Waals surface area (Å²) in [6.07, 6.45) is -0.988. The maximum atomic E-state index is 10.5. The third-order valence-corrected chi connectivity index (χ3v) is 2.91.